The highest BCUT2D eigenvalue weighted by atomic mass is 19.1. The summed E-state index contributed by atoms with van der Waals surface area (Å²) in [5.74, 6) is 1.16. The second kappa shape index (κ2) is 7.90. The maximum Gasteiger partial charge on any atom is 0.213 e. The first-order chi connectivity index (χ1) is 15.7. The summed E-state index contributed by atoms with van der Waals surface area (Å²) in [5.41, 5.74) is 7.88. The Labute approximate surface area is 191 Å². The second-order valence-corrected chi connectivity index (χ2v) is 9.46. The van der Waals surface area contributed by atoms with Gasteiger partial charge >= 0.3 is 0 Å². The molecule has 4 heterocycles. The lowest BCUT2D eigenvalue weighted by molar-refractivity contribution is -0.0315. The number of fused-ring (bicyclic) bond motifs is 4. The van der Waals surface area contributed by atoms with Crippen LogP contribution in [-0.2, 0) is 10.3 Å². The molecule has 2 atom stereocenters. The van der Waals surface area contributed by atoms with Crippen LogP contribution in [0.25, 0.3) is 11.1 Å². The predicted octanol–water partition coefficient (Wildman–Crippen LogP) is 4.44. The van der Waals surface area contributed by atoms with Gasteiger partial charge in [-0.1, -0.05) is 26.8 Å². The van der Waals surface area contributed by atoms with Gasteiger partial charge in [0.2, 0.25) is 5.88 Å². The zero-order valence-electron chi connectivity index (χ0n) is 18.7. The lowest BCUT2D eigenvalue weighted by Gasteiger charge is -2.40. The van der Waals surface area contributed by atoms with Gasteiger partial charge in [0.25, 0.3) is 0 Å². The lowest BCUT2D eigenvalue weighted by atomic mass is 9.82. The van der Waals surface area contributed by atoms with Gasteiger partial charge in [-0.05, 0) is 29.2 Å². The van der Waals surface area contributed by atoms with Crippen LogP contribution in [0.1, 0.15) is 31.9 Å². The Morgan fingerprint density at radius 3 is 2.67 bits per heavy atom. The molecule has 0 aliphatic carbocycles. The van der Waals surface area contributed by atoms with Crippen LogP contribution in [0, 0.1) is 11.2 Å². The van der Waals surface area contributed by atoms with Gasteiger partial charge in [0.15, 0.2) is 11.4 Å². The third kappa shape index (κ3) is 4.07. The Balaban J connectivity index is 1.64. The Bertz CT molecular complexity index is 1240. The van der Waals surface area contributed by atoms with Crippen LogP contribution >= 0.6 is 0 Å². The molecule has 1 aromatic carbocycles. The predicted molar refractivity (Wildman–Crippen MR) is 122 cm³/mol. The molecule has 0 bridgehead atoms. The van der Waals surface area contributed by atoms with Crippen molar-refractivity contribution in [2.45, 2.75) is 32.6 Å². The lowest BCUT2D eigenvalue weighted by Crippen LogP contribution is -2.46. The molecular formula is C25H25FN4O3. The SMILES string of the molecule is CC(C)(C)COc1cc2c(cn1)Oc1ccc(-c3cncc(F)c3)cc1[C@@]21C=NCC(N)O1. The van der Waals surface area contributed by atoms with Crippen LogP contribution in [0.3, 0.4) is 0 Å². The van der Waals surface area contributed by atoms with Crippen LogP contribution in [-0.4, -0.2) is 35.6 Å². The molecule has 2 N–H and O–H groups in total. The van der Waals surface area contributed by atoms with E-state index in [1.54, 1.807) is 18.6 Å². The van der Waals surface area contributed by atoms with E-state index in [0.29, 0.717) is 47.2 Å². The minimum atomic E-state index is -1.10. The van der Waals surface area contributed by atoms with Crippen molar-refractivity contribution in [1.82, 2.24) is 9.97 Å². The number of ether oxygens (including phenoxy) is 3. The number of hydrogen-bond donors (Lipinski definition) is 1. The number of pyridine rings is 2. The molecule has 0 radical (unpaired) electrons. The molecule has 0 amide bonds. The van der Waals surface area contributed by atoms with Gasteiger partial charge in [-0.15, -0.1) is 0 Å². The summed E-state index contributed by atoms with van der Waals surface area (Å²) in [4.78, 5) is 12.9. The fraction of sp³-hybridized carbons (Fsp3) is 0.320. The summed E-state index contributed by atoms with van der Waals surface area (Å²) in [5, 5.41) is 0. The normalized spacial score (nSPS) is 21.3. The van der Waals surface area contributed by atoms with E-state index in [1.807, 2.05) is 24.3 Å². The van der Waals surface area contributed by atoms with Gasteiger partial charge in [0.1, 0.15) is 17.8 Å². The van der Waals surface area contributed by atoms with E-state index in [-0.39, 0.29) is 5.41 Å². The van der Waals surface area contributed by atoms with Crippen LogP contribution < -0.4 is 15.2 Å². The molecule has 2 aromatic heterocycles. The molecule has 0 saturated carbocycles. The quantitative estimate of drug-likeness (QED) is 0.637. The van der Waals surface area contributed by atoms with Gasteiger partial charge < -0.3 is 19.9 Å². The number of aliphatic imine (C=N–C) groups is 1. The fourth-order valence-electron chi connectivity index (χ4n) is 3.94. The number of rotatable bonds is 3. The van der Waals surface area contributed by atoms with Crippen LogP contribution in [0.4, 0.5) is 4.39 Å². The van der Waals surface area contributed by atoms with E-state index in [4.69, 9.17) is 19.9 Å². The smallest absolute Gasteiger partial charge is 0.213 e. The zero-order valence-corrected chi connectivity index (χ0v) is 18.7. The molecular weight excluding hydrogens is 423 g/mol. The molecule has 1 spiro atoms. The Morgan fingerprint density at radius 1 is 1.09 bits per heavy atom. The highest BCUT2D eigenvalue weighted by molar-refractivity contribution is 5.83. The van der Waals surface area contributed by atoms with Crippen molar-refractivity contribution >= 4 is 6.21 Å². The van der Waals surface area contributed by atoms with Gasteiger partial charge in [0.05, 0.1) is 25.5 Å². The minimum Gasteiger partial charge on any atom is -0.477 e. The topological polar surface area (TPSA) is 91.9 Å². The van der Waals surface area contributed by atoms with Crippen LogP contribution in [0.2, 0.25) is 0 Å². The van der Waals surface area contributed by atoms with Crippen molar-refractivity contribution in [3.05, 3.63) is 65.9 Å². The van der Waals surface area contributed by atoms with Gasteiger partial charge in [-0.2, -0.15) is 0 Å². The standard InChI is InChI=1S/C25H25FN4O3/c1-24(2,3)14-31-23-8-19-21(11-30-23)32-20-5-4-15(16-6-17(26)10-28-9-16)7-18(20)25(19)13-29-12-22(27)33-25/h4-11,13,22H,12,14,27H2,1-3H3/t22?,25-/m0/s1. The molecule has 33 heavy (non-hydrogen) atoms. The van der Waals surface area contributed by atoms with E-state index < -0.39 is 17.6 Å². The number of benzene rings is 1. The van der Waals surface area contributed by atoms with Crippen molar-refractivity contribution in [3.8, 4) is 28.5 Å². The van der Waals surface area contributed by atoms with Crippen molar-refractivity contribution in [1.29, 1.82) is 0 Å². The highest BCUT2D eigenvalue weighted by Crippen LogP contribution is 2.50. The summed E-state index contributed by atoms with van der Waals surface area (Å²) in [7, 11) is 0. The van der Waals surface area contributed by atoms with Crippen LogP contribution in [0.15, 0.2) is 53.9 Å². The Kier molecular flexibility index (Phi) is 5.14. The monoisotopic (exact) mass is 448 g/mol. The van der Waals surface area contributed by atoms with Crippen molar-refractivity contribution in [3.63, 3.8) is 0 Å². The van der Waals surface area contributed by atoms with E-state index >= 15 is 0 Å². The number of nitrogens with zero attached hydrogens (tertiary/aromatic N) is 3. The number of aromatic nitrogens is 2. The molecule has 7 nitrogen and oxygen atoms in total. The molecule has 0 saturated heterocycles. The second-order valence-electron chi connectivity index (χ2n) is 9.46. The molecule has 5 rings (SSSR count). The molecule has 2 aliphatic heterocycles. The Morgan fingerprint density at radius 2 is 1.91 bits per heavy atom. The van der Waals surface area contributed by atoms with E-state index in [1.165, 1.54) is 12.3 Å². The third-order valence-corrected chi connectivity index (χ3v) is 5.43. The largest absolute Gasteiger partial charge is 0.477 e. The molecule has 3 aromatic rings. The van der Waals surface area contributed by atoms with Gasteiger partial charge in [-0.25, -0.2) is 9.37 Å². The van der Waals surface area contributed by atoms with Crippen LogP contribution in [0.5, 0.6) is 17.4 Å². The first-order valence-electron chi connectivity index (χ1n) is 10.7. The minimum absolute atomic E-state index is 0.0303. The average molecular weight is 448 g/mol. The Hall–Kier alpha value is -3.36. The highest BCUT2D eigenvalue weighted by Gasteiger charge is 2.46. The maximum absolute atomic E-state index is 13.8. The first kappa shape index (κ1) is 21.5. The zero-order chi connectivity index (χ0) is 23.2. The fourth-order valence-corrected chi connectivity index (χ4v) is 3.94. The van der Waals surface area contributed by atoms with Gasteiger partial charge in [-0.3, -0.25) is 9.98 Å². The van der Waals surface area contributed by atoms with E-state index in [2.05, 4.69) is 35.7 Å². The summed E-state index contributed by atoms with van der Waals surface area (Å²) >= 11 is 0. The molecule has 8 heteroatoms. The average Bonchev–Trinajstić information content (AvgIpc) is 2.77. The number of halogens is 1. The number of nitrogens with two attached hydrogens (primary N) is 1. The maximum atomic E-state index is 13.8. The summed E-state index contributed by atoms with van der Waals surface area (Å²) in [6.45, 7) is 7.11. The summed E-state index contributed by atoms with van der Waals surface area (Å²) in [6.07, 6.45) is 5.54. The number of hydrogen-bond acceptors (Lipinski definition) is 7. The first-order valence-corrected chi connectivity index (χ1v) is 10.7. The van der Waals surface area contributed by atoms with Gasteiger partial charge in [0, 0.05) is 35.2 Å². The van der Waals surface area contributed by atoms with E-state index in [0.717, 1.165) is 5.56 Å². The summed E-state index contributed by atoms with van der Waals surface area (Å²) < 4.78 is 32.3. The molecule has 170 valence electrons. The molecule has 1 unspecified atom stereocenters. The molecule has 2 aliphatic rings. The third-order valence-electron chi connectivity index (χ3n) is 5.43. The van der Waals surface area contributed by atoms with Crippen molar-refractivity contribution in [2.75, 3.05) is 13.2 Å². The molecule has 0 fully saturated rings. The van der Waals surface area contributed by atoms with Crippen molar-refractivity contribution in [2.24, 2.45) is 16.1 Å². The van der Waals surface area contributed by atoms with Crippen molar-refractivity contribution < 1.29 is 18.6 Å². The van der Waals surface area contributed by atoms with E-state index in [9.17, 15) is 4.39 Å². The summed E-state index contributed by atoms with van der Waals surface area (Å²) in [6, 6.07) is 8.81.